The van der Waals surface area contributed by atoms with E-state index in [9.17, 15) is 4.79 Å². The molecule has 2 N–H and O–H groups in total. The first-order valence-corrected chi connectivity index (χ1v) is 7.95. The highest BCUT2D eigenvalue weighted by atomic mass is 32.1. The molecule has 110 valence electrons. The summed E-state index contributed by atoms with van der Waals surface area (Å²) >= 11 is 1.48. The molecule has 0 unspecified atom stereocenters. The fraction of sp³-hybridized carbons (Fsp3) is 0.375. The van der Waals surface area contributed by atoms with Crippen LogP contribution >= 0.6 is 11.3 Å². The number of hydrogen-bond acceptors (Lipinski definition) is 4. The molecule has 5 heteroatoms. The molecule has 3 rings (SSSR count). The molecule has 1 amide bonds. The van der Waals surface area contributed by atoms with Gasteiger partial charge >= 0.3 is 0 Å². The van der Waals surface area contributed by atoms with Gasteiger partial charge in [-0.15, -0.1) is 11.3 Å². The quantitative estimate of drug-likeness (QED) is 0.883. The highest BCUT2D eigenvalue weighted by molar-refractivity contribution is 7.13. The van der Waals surface area contributed by atoms with Crippen LogP contribution in [-0.4, -0.2) is 21.8 Å². The fourth-order valence-electron chi connectivity index (χ4n) is 2.50. The van der Waals surface area contributed by atoms with E-state index >= 15 is 0 Å². The summed E-state index contributed by atoms with van der Waals surface area (Å²) in [6.07, 6.45) is 2.18. The molecule has 1 saturated carbocycles. The molecule has 1 heterocycles. The number of thiazole rings is 1. The molecule has 0 saturated heterocycles. The minimum atomic E-state index is 0.100. The Kier molecular flexibility index (Phi) is 3.68. The van der Waals surface area contributed by atoms with E-state index in [1.165, 1.54) is 11.3 Å². The number of rotatable bonds is 4. The number of nitrogens with two attached hydrogens (primary N) is 1. The predicted octanol–water partition coefficient (Wildman–Crippen LogP) is 3.15. The number of amides is 1. The van der Waals surface area contributed by atoms with E-state index in [4.69, 9.17) is 5.73 Å². The zero-order chi connectivity index (χ0) is 15.0. The SMILES string of the molecule is Cc1nc(C)c(C(=O)N(Cc2cccc(N)c2)C2CC2)s1. The van der Waals surface area contributed by atoms with E-state index in [1.807, 2.05) is 43.0 Å². The normalized spacial score (nSPS) is 14.2. The summed E-state index contributed by atoms with van der Waals surface area (Å²) in [6.45, 7) is 4.46. The number of benzene rings is 1. The van der Waals surface area contributed by atoms with E-state index in [0.29, 0.717) is 12.6 Å². The van der Waals surface area contributed by atoms with Crippen molar-refractivity contribution in [2.45, 2.75) is 39.3 Å². The van der Waals surface area contributed by atoms with Crippen LogP contribution in [0.15, 0.2) is 24.3 Å². The van der Waals surface area contributed by atoms with E-state index in [0.717, 1.165) is 39.7 Å². The van der Waals surface area contributed by atoms with Crippen LogP contribution in [0.2, 0.25) is 0 Å². The molecule has 1 aromatic carbocycles. The molecule has 1 fully saturated rings. The van der Waals surface area contributed by atoms with Crippen LogP contribution in [0.4, 0.5) is 5.69 Å². The number of anilines is 1. The first-order valence-electron chi connectivity index (χ1n) is 7.14. The van der Waals surface area contributed by atoms with Crippen molar-refractivity contribution in [3.05, 3.63) is 45.4 Å². The van der Waals surface area contributed by atoms with Gasteiger partial charge < -0.3 is 10.6 Å². The van der Waals surface area contributed by atoms with Crippen molar-refractivity contribution in [1.29, 1.82) is 0 Å². The highest BCUT2D eigenvalue weighted by Crippen LogP contribution is 2.31. The zero-order valence-corrected chi connectivity index (χ0v) is 13.1. The Balaban J connectivity index is 1.85. The third-order valence-corrected chi connectivity index (χ3v) is 4.71. The van der Waals surface area contributed by atoms with Gasteiger partial charge in [-0.25, -0.2) is 4.98 Å². The molecular weight excluding hydrogens is 282 g/mol. The average Bonchev–Trinajstić information content (AvgIpc) is 3.21. The molecule has 0 spiro atoms. The van der Waals surface area contributed by atoms with Gasteiger partial charge in [0, 0.05) is 18.3 Å². The van der Waals surface area contributed by atoms with Crippen molar-refractivity contribution in [3.8, 4) is 0 Å². The fourth-order valence-corrected chi connectivity index (χ4v) is 3.38. The summed E-state index contributed by atoms with van der Waals surface area (Å²) in [6, 6.07) is 8.11. The van der Waals surface area contributed by atoms with Gasteiger partial charge in [0.15, 0.2) is 0 Å². The highest BCUT2D eigenvalue weighted by Gasteiger charge is 2.34. The van der Waals surface area contributed by atoms with Crippen LogP contribution in [0.5, 0.6) is 0 Å². The second kappa shape index (κ2) is 5.48. The van der Waals surface area contributed by atoms with Gasteiger partial charge in [0.05, 0.1) is 10.7 Å². The zero-order valence-electron chi connectivity index (χ0n) is 12.3. The van der Waals surface area contributed by atoms with Crippen LogP contribution in [-0.2, 0) is 6.54 Å². The maximum absolute atomic E-state index is 12.8. The minimum absolute atomic E-state index is 0.100. The third-order valence-electron chi connectivity index (χ3n) is 3.65. The topological polar surface area (TPSA) is 59.2 Å². The lowest BCUT2D eigenvalue weighted by Crippen LogP contribution is -2.32. The standard InChI is InChI=1S/C16H19N3OS/c1-10-15(21-11(2)18-10)16(20)19(14-6-7-14)9-12-4-3-5-13(17)8-12/h3-5,8,14H,6-7,9,17H2,1-2H3. The van der Waals surface area contributed by atoms with Gasteiger partial charge in [0.1, 0.15) is 4.88 Å². The Bertz CT molecular complexity index is 676. The summed E-state index contributed by atoms with van der Waals surface area (Å²) in [4.78, 5) is 19.9. The van der Waals surface area contributed by atoms with Gasteiger partial charge in [-0.1, -0.05) is 12.1 Å². The maximum atomic E-state index is 12.8. The third kappa shape index (κ3) is 3.08. The summed E-state index contributed by atoms with van der Waals surface area (Å²) in [5.74, 6) is 0.100. The van der Waals surface area contributed by atoms with Gasteiger partial charge in [-0.3, -0.25) is 4.79 Å². The van der Waals surface area contributed by atoms with E-state index in [2.05, 4.69) is 4.98 Å². The number of aryl methyl sites for hydroxylation is 2. The number of nitrogen functional groups attached to an aromatic ring is 1. The largest absolute Gasteiger partial charge is 0.399 e. The molecule has 21 heavy (non-hydrogen) atoms. The van der Waals surface area contributed by atoms with Gasteiger partial charge in [0.25, 0.3) is 5.91 Å². The summed E-state index contributed by atoms with van der Waals surface area (Å²) < 4.78 is 0. The van der Waals surface area contributed by atoms with Crippen LogP contribution < -0.4 is 5.73 Å². The molecule has 1 aliphatic carbocycles. The smallest absolute Gasteiger partial charge is 0.266 e. The number of aromatic nitrogens is 1. The number of carbonyl (C=O) groups is 1. The van der Waals surface area contributed by atoms with E-state index < -0.39 is 0 Å². The minimum Gasteiger partial charge on any atom is -0.399 e. The second-order valence-corrected chi connectivity index (χ2v) is 6.76. The summed E-state index contributed by atoms with van der Waals surface area (Å²) in [5.41, 5.74) is 8.48. The number of carbonyl (C=O) groups excluding carboxylic acids is 1. The van der Waals surface area contributed by atoms with Gasteiger partial charge in [0.2, 0.25) is 0 Å². The number of hydrogen-bond donors (Lipinski definition) is 1. The monoisotopic (exact) mass is 301 g/mol. The lowest BCUT2D eigenvalue weighted by molar-refractivity contribution is 0.0734. The Hall–Kier alpha value is -1.88. The van der Waals surface area contributed by atoms with Crippen LogP contribution in [0.3, 0.4) is 0 Å². The van der Waals surface area contributed by atoms with Crippen LogP contribution in [0.1, 0.15) is 38.8 Å². The van der Waals surface area contributed by atoms with Crippen molar-refractivity contribution in [3.63, 3.8) is 0 Å². The van der Waals surface area contributed by atoms with Gasteiger partial charge in [-0.2, -0.15) is 0 Å². The van der Waals surface area contributed by atoms with Crippen molar-refractivity contribution in [1.82, 2.24) is 9.88 Å². The molecule has 0 atom stereocenters. The van der Waals surface area contributed by atoms with E-state index in [-0.39, 0.29) is 5.91 Å². The van der Waals surface area contributed by atoms with Crippen LogP contribution in [0.25, 0.3) is 0 Å². The average molecular weight is 301 g/mol. The summed E-state index contributed by atoms with van der Waals surface area (Å²) in [5, 5.41) is 0.940. The molecule has 4 nitrogen and oxygen atoms in total. The Morgan fingerprint density at radius 2 is 2.19 bits per heavy atom. The van der Waals surface area contributed by atoms with Crippen LogP contribution in [0, 0.1) is 13.8 Å². The first-order chi connectivity index (χ1) is 10.0. The Morgan fingerprint density at radius 3 is 2.76 bits per heavy atom. The second-order valence-electron chi connectivity index (χ2n) is 5.56. The summed E-state index contributed by atoms with van der Waals surface area (Å²) in [7, 11) is 0. The van der Waals surface area contributed by atoms with E-state index in [1.54, 1.807) is 0 Å². The number of nitrogens with zero attached hydrogens (tertiary/aromatic N) is 2. The Morgan fingerprint density at radius 1 is 1.43 bits per heavy atom. The maximum Gasteiger partial charge on any atom is 0.266 e. The Labute approximate surface area is 128 Å². The molecule has 0 radical (unpaired) electrons. The molecule has 0 aliphatic heterocycles. The lowest BCUT2D eigenvalue weighted by atomic mass is 10.2. The predicted molar refractivity (Wildman–Crippen MR) is 85.3 cm³/mol. The lowest BCUT2D eigenvalue weighted by Gasteiger charge is -2.22. The van der Waals surface area contributed by atoms with Gasteiger partial charge in [-0.05, 0) is 44.4 Å². The van der Waals surface area contributed by atoms with Crippen molar-refractivity contribution in [2.24, 2.45) is 0 Å². The molecule has 2 aromatic rings. The van der Waals surface area contributed by atoms with Crippen molar-refractivity contribution >= 4 is 22.9 Å². The molecule has 0 bridgehead atoms. The van der Waals surface area contributed by atoms with Crippen molar-refractivity contribution < 1.29 is 4.79 Å². The van der Waals surface area contributed by atoms with Crippen molar-refractivity contribution in [2.75, 3.05) is 5.73 Å². The first kappa shape index (κ1) is 14.1. The molecule has 1 aliphatic rings. The molecular formula is C16H19N3OS. The molecule has 1 aromatic heterocycles.